The van der Waals surface area contributed by atoms with Crippen molar-refractivity contribution in [2.75, 3.05) is 40.4 Å². The lowest BCUT2D eigenvalue weighted by atomic mass is 9.88. The van der Waals surface area contributed by atoms with Crippen LogP contribution in [0.1, 0.15) is 37.7 Å². The first-order valence-corrected chi connectivity index (χ1v) is 10.1. The summed E-state index contributed by atoms with van der Waals surface area (Å²) in [5.41, 5.74) is 0.872. The highest BCUT2D eigenvalue weighted by molar-refractivity contribution is 5.92. The fourth-order valence-electron chi connectivity index (χ4n) is 3.98. The Kier molecular flexibility index (Phi) is 6.95. The van der Waals surface area contributed by atoms with E-state index >= 15 is 0 Å². The summed E-state index contributed by atoms with van der Waals surface area (Å²) >= 11 is 0. The highest BCUT2D eigenvalue weighted by Gasteiger charge is 2.29. The largest absolute Gasteiger partial charge is 0.493 e. The van der Waals surface area contributed by atoms with E-state index in [4.69, 9.17) is 9.47 Å². The van der Waals surface area contributed by atoms with E-state index in [1.54, 1.807) is 26.4 Å². The second-order valence-corrected chi connectivity index (χ2v) is 7.43. The summed E-state index contributed by atoms with van der Waals surface area (Å²) in [6.45, 7) is 2.44. The molecule has 1 aromatic rings. The molecule has 3 rings (SSSR count). The fraction of sp³-hybridized carbons (Fsp3) is 0.545. The maximum absolute atomic E-state index is 12.6. The highest BCUT2D eigenvalue weighted by Crippen LogP contribution is 2.28. The number of ether oxygens (including phenoxy) is 2. The molecule has 28 heavy (non-hydrogen) atoms. The molecule has 6 nitrogen and oxygen atoms in total. The number of methoxy groups -OCH3 is 2. The van der Waals surface area contributed by atoms with Gasteiger partial charge in [0.2, 0.25) is 11.8 Å². The van der Waals surface area contributed by atoms with Crippen molar-refractivity contribution in [1.29, 1.82) is 0 Å². The van der Waals surface area contributed by atoms with Gasteiger partial charge >= 0.3 is 0 Å². The Morgan fingerprint density at radius 1 is 0.929 bits per heavy atom. The van der Waals surface area contributed by atoms with E-state index in [1.165, 1.54) is 6.42 Å². The number of nitrogens with zero attached hydrogens (tertiary/aromatic N) is 2. The fourth-order valence-corrected chi connectivity index (χ4v) is 3.98. The van der Waals surface area contributed by atoms with Gasteiger partial charge < -0.3 is 19.3 Å². The summed E-state index contributed by atoms with van der Waals surface area (Å²) in [6, 6.07) is 5.54. The summed E-state index contributed by atoms with van der Waals surface area (Å²) in [6.07, 6.45) is 8.98. The minimum absolute atomic E-state index is 0.0282. The lowest BCUT2D eigenvalue weighted by Gasteiger charge is -2.36. The molecule has 0 atom stereocenters. The number of carbonyl (C=O) groups excluding carboxylic acids is 2. The Labute approximate surface area is 167 Å². The van der Waals surface area contributed by atoms with Gasteiger partial charge in [0, 0.05) is 38.2 Å². The molecule has 2 amide bonds. The third kappa shape index (κ3) is 4.86. The number of piperazine rings is 1. The van der Waals surface area contributed by atoms with Crippen molar-refractivity contribution >= 4 is 17.9 Å². The van der Waals surface area contributed by atoms with Crippen molar-refractivity contribution in [2.24, 2.45) is 5.92 Å². The maximum Gasteiger partial charge on any atom is 0.246 e. The van der Waals surface area contributed by atoms with Gasteiger partial charge in [-0.25, -0.2) is 0 Å². The van der Waals surface area contributed by atoms with Gasteiger partial charge in [0.25, 0.3) is 0 Å². The zero-order valence-electron chi connectivity index (χ0n) is 16.9. The van der Waals surface area contributed by atoms with Gasteiger partial charge in [-0.05, 0) is 36.6 Å². The van der Waals surface area contributed by atoms with E-state index in [2.05, 4.69) is 0 Å². The van der Waals surface area contributed by atoms with Gasteiger partial charge in [0.15, 0.2) is 11.5 Å². The predicted molar refractivity (Wildman–Crippen MR) is 108 cm³/mol. The van der Waals surface area contributed by atoms with E-state index in [0.717, 1.165) is 31.2 Å². The highest BCUT2D eigenvalue weighted by atomic mass is 16.5. The molecular weight excluding hydrogens is 356 g/mol. The molecule has 6 heteroatoms. The van der Waals surface area contributed by atoms with Crippen LogP contribution in [0.15, 0.2) is 24.3 Å². The molecule has 1 aliphatic carbocycles. The Morgan fingerprint density at radius 2 is 1.57 bits per heavy atom. The molecule has 152 valence electrons. The van der Waals surface area contributed by atoms with Crippen LogP contribution in [0.3, 0.4) is 0 Å². The first-order chi connectivity index (χ1) is 13.6. The van der Waals surface area contributed by atoms with E-state index < -0.39 is 0 Å². The third-order valence-electron chi connectivity index (χ3n) is 5.68. The van der Waals surface area contributed by atoms with Crippen molar-refractivity contribution in [3.05, 3.63) is 29.8 Å². The number of hydrogen-bond acceptors (Lipinski definition) is 4. The summed E-state index contributed by atoms with van der Waals surface area (Å²) in [5, 5.41) is 0. The van der Waals surface area contributed by atoms with E-state index in [-0.39, 0.29) is 17.7 Å². The molecule has 0 spiro atoms. The van der Waals surface area contributed by atoms with Crippen LogP contribution in [0.2, 0.25) is 0 Å². The van der Waals surface area contributed by atoms with Gasteiger partial charge in [0.05, 0.1) is 14.2 Å². The molecule has 2 fully saturated rings. The first-order valence-electron chi connectivity index (χ1n) is 10.1. The van der Waals surface area contributed by atoms with Crippen molar-refractivity contribution in [3.63, 3.8) is 0 Å². The average Bonchev–Trinajstić information content (AvgIpc) is 2.77. The van der Waals surface area contributed by atoms with Crippen molar-refractivity contribution in [3.8, 4) is 11.5 Å². The smallest absolute Gasteiger partial charge is 0.246 e. The van der Waals surface area contributed by atoms with Gasteiger partial charge in [-0.15, -0.1) is 0 Å². The molecular formula is C22H30N2O4. The molecule has 0 aromatic heterocycles. The minimum atomic E-state index is -0.0282. The lowest BCUT2D eigenvalue weighted by Crippen LogP contribution is -2.51. The van der Waals surface area contributed by atoms with Gasteiger partial charge in [-0.3, -0.25) is 9.59 Å². The topological polar surface area (TPSA) is 59.1 Å². The van der Waals surface area contributed by atoms with Gasteiger partial charge in [-0.2, -0.15) is 0 Å². The molecule has 0 radical (unpaired) electrons. The predicted octanol–water partition coefficient (Wildman–Crippen LogP) is 2.97. The Balaban J connectivity index is 1.52. The third-order valence-corrected chi connectivity index (χ3v) is 5.68. The van der Waals surface area contributed by atoms with Crippen LogP contribution in [-0.2, 0) is 9.59 Å². The Morgan fingerprint density at radius 3 is 2.21 bits per heavy atom. The van der Waals surface area contributed by atoms with Crippen LogP contribution in [-0.4, -0.2) is 62.0 Å². The van der Waals surface area contributed by atoms with Crippen molar-refractivity contribution in [2.45, 2.75) is 32.1 Å². The van der Waals surface area contributed by atoms with Crippen molar-refractivity contribution in [1.82, 2.24) is 9.80 Å². The van der Waals surface area contributed by atoms with E-state index in [1.807, 2.05) is 28.0 Å². The Bertz CT molecular complexity index is 717. The van der Waals surface area contributed by atoms with Crippen LogP contribution in [0, 0.1) is 5.92 Å². The minimum Gasteiger partial charge on any atom is -0.493 e. The monoisotopic (exact) mass is 386 g/mol. The van der Waals surface area contributed by atoms with E-state index in [0.29, 0.717) is 37.7 Å². The SMILES string of the molecule is COc1ccc(/C=C/C(=O)N2CCN(C(=O)C3CCCCC3)CC2)cc1OC. The normalized spacial score (nSPS) is 18.4. The molecule has 1 heterocycles. The number of benzene rings is 1. The number of hydrogen-bond donors (Lipinski definition) is 0. The van der Waals surface area contributed by atoms with Crippen LogP contribution in [0.25, 0.3) is 6.08 Å². The Hall–Kier alpha value is -2.50. The van der Waals surface area contributed by atoms with E-state index in [9.17, 15) is 9.59 Å². The second kappa shape index (κ2) is 9.62. The lowest BCUT2D eigenvalue weighted by molar-refractivity contribution is -0.141. The second-order valence-electron chi connectivity index (χ2n) is 7.43. The standard InChI is InChI=1S/C22H30N2O4/c1-27-19-10-8-17(16-20(19)28-2)9-11-21(25)23-12-14-24(15-13-23)22(26)18-6-4-3-5-7-18/h8-11,16,18H,3-7,12-15H2,1-2H3/b11-9+. The number of rotatable bonds is 5. The zero-order valence-corrected chi connectivity index (χ0v) is 16.9. The van der Waals surface area contributed by atoms with Crippen LogP contribution in [0.4, 0.5) is 0 Å². The molecule has 0 bridgehead atoms. The zero-order chi connectivity index (χ0) is 19.9. The number of amides is 2. The molecule has 0 unspecified atom stereocenters. The molecule has 1 aromatic carbocycles. The summed E-state index contributed by atoms with van der Waals surface area (Å²) in [7, 11) is 3.18. The summed E-state index contributed by atoms with van der Waals surface area (Å²) in [5.74, 6) is 1.74. The maximum atomic E-state index is 12.6. The average molecular weight is 386 g/mol. The molecule has 0 N–H and O–H groups in total. The molecule has 1 aliphatic heterocycles. The van der Waals surface area contributed by atoms with Gasteiger partial charge in [0.1, 0.15) is 0 Å². The summed E-state index contributed by atoms with van der Waals surface area (Å²) < 4.78 is 10.5. The quantitative estimate of drug-likeness (QED) is 0.730. The molecule has 2 aliphatic rings. The van der Waals surface area contributed by atoms with Crippen LogP contribution < -0.4 is 9.47 Å². The van der Waals surface area contributed by atoms with Crippen LogP contribution in [0.5, 0.6) is 11.5 Å². The number of carbonyl (C=O) groups is 2. The first kappa shape index (κ1) is 20.2. The van der Waals surface area contributed by atoms with Crippen LogP contribution >= 0.6 is 0 Å². The molecule has 1 saturated carbocycles. The van der Waals surface area contributed by atoms with Crippen molar-refractivity contribution < 1.29 is 19.1 Å². The molecule has 1 saturated heterocycles. The van der Waals surface area contributed by atoms with Gasteiger partial charge in [-0.1, -0.05) is 25.3 Å². The summed E-state index contributed by atoms with van der Waals surface area (Å²) in [4.78, 5) is 28.9.